The van der Waals surface area contributed by atoms with Gasteiger partial charge in [0, 0.05) is 26.2 Å². The van der Waals surface area contributed by atoms with E-state index < -0.39 is 23.2 Å². The standard InChI is InChI=1S/C41H41ClF3N9O4/c1-3-31-34(51-17-19-52(20-18-51)37(56)33-35(25(2)46-24-47-33)58-23-26-7-5-4-6-8-26)38(57)54-39(49-36(50-54)27-11-13-40(14-12-27)15-16-40)53(31)22-32(55)48-30-10-9-28(21-29(30)42)41(43,44)45/h4-11,21,24H,3,12-20,22-23H2,1-2H3,(H,48,55). The minimum atomic E-state index is -4.61. The molecule has 17 heteroatoms. The molecule has 2 aromatic carbocycles. The van der Waals surface area contributed by atoms with Gasteiger partial charge < -0.3 is 24.4 Å². The van der Waals surface area contributed by atoms with Gasteiger partial charge in [0.05, 0.1) is 27.7 Å². The topological polar surface area (TPSA) is 140 Å². The summed E-state index contributed by atoms with van der Waals surface area (Å²) in [4.78, 5) is 59.0. The van der Waals surface area contributed by atoms with Crippen LogP contribution in [0.5, 0.6) is 5.75 Å². The minimum absolute atomic E-state index is 0.00631. The van der Waals surface area contributed by atoms with E-state index in [-0.39, 0.29) is 67.4 Å². The van der Waals surface area contributed by atoms with Gasteiger partial charge in [-0.05, 0) is 80.2 Å². The Morgan fingerprint density at radius 3 is 2.43 bits per heavy atom. The summed E-state index contributed by atoms with van der Waals surface area (Å²) >= 11 is 6.18. The number of ether oxygens (including phenoxy) is 1. The zero-order valence-corrected chi connectivity index (χ0v) is 32.7. The summed E-state index contributed by atoms with van der Waals surface area (Å²) in [6, 6.07) is 12.3. The highest BCUT2D eigenvalue weighted by atomic mass is 35.5. The van der Waals surface area contributed by atoms with Gasteiger partial charge in [0.25, 0.3) is 11.5 Å². The lowest BCUT2D eigenvalue weighted by Gasteiger charge is -2.36. The number of rotatable bonds is 10. The molecule has 1 spiro atoms. The molecule has 5 aromatic rings. The van der Waals surface area contributed by atoms with Crippen molar-refractivity contribution in [3.05, 3.63) is 110 Å². The summed E-state index contributed by atoms with van der Waals surface area (Å²) in [5.74, 6) is -0.0417. The molecule has 3 aromatic heterocycles. The second kappa shape index (κ2) is 15.5. The Bertz CT molecular complexity index is 2490. The van der Waals surface area contributed by atoms with Crippen LogP contribution in [0.25, 0.3) is 11.4 Å². The molecule has 58 heavy (non-hydrogen) atoms. The largest absolute Gasteiger partial charge is 0.485 e. The first-order chi connectivity index (χ1) is 27.8. The fraction of sp³-hybridized carbons (Fsp3) is 0.390. The van der Waals surface area contributed by atoms with Crippen LogP contribution in [0, 0.1) is 12.3 Å². The van der Waals surface area contributed by atoms with Gasteiger partial charge in [-0.2, -0.15) is 22.7 Å². The molecular formula is C41H41ClF3N9O4. The Balaban J connectivity index is 1.08. The first-order valence-electron chi connectivity index (χ1n) is 19.2. The number of alkyl halides is 3. The number of allylic oxidation sites excluding steroid dienone is 2. The predicted octanol–water partition coefficient (Wildman–Crippen LogP) is 6.75. The van der Waals surface area contributed by atoms with Crippen molar-refractivity contribution in [1.82, 2.24) is 34.0 Å². The van der Waals surface area contributed by atoms with Gasteiger partial charge in [0.15, 0.2) is 17.3 Å². The SMILES string of the molecule is CCc1c(N2CCN(C(=O)c3ncnc(C)c3OCc3ccccc3)CC2)c(=O)n2nc(C3=CCC4(CC3)CC4)nc2n1CC(=O)Nc1ccc(C(F)(F)F)cc1Cl. The minimum Gasteiger partial charge on any atom is -0.485 e. The molecule has 0 atom stereocenters. The number of nitrogens with one attached hydrogen (secondary N) is 1. The van der Waals surface area contributed by atoms with Crippen LogP contribution in [-0.4, -0.2) is 72.0 Å². The third-order valence-electron chi connectivity index (χ3n) is 11.3. The second-order valence-electron chi connectivity index (χ2n) is 15.1. The molecule has 0 bridgehead atoms. The summed E-state index contributed by atoms with van der Waals surface area (Å²) in [7, 11) is 0. The first kappa shape index (κ1) is 39.1. The smallest absolute Gasteiger partial charge is 0.416 e. The number of amides is 2. The first-order valence-corrected chi connectivity index (χ1v) is 19.6. The average molecular weight is 816 g/mol. The molecule has 2 fully saturated rings. The van der Waals surface area contributed by atoms with Gasteiger partial charge in [-0.3, -0.25) is 14.4 Å². The van der Waals surface area contributed by atoms with E-state index in [1.807, 2.05) is 42.2 Å². The van der Waals surface area contributed by atoms with Crippen molar-refractivity contribution in [3.8, 4) is 5.75 Å². The molecule has 1 saturated heterocycles. The number of carbonyl (C=O) groups excluding carboxylic acids is 2. The number of piperazine rings is 1. The molecule has 3 aliphatic rings. The van der Waals surface area contributed by atoms with Crippen molar-refractivity contribution < 1.29 is 27.5 Å². The van der Waals surface area contributed by atoms with Crippen LogP contribution in [0.3, 0.4) is 0 Å². The quantitative estimate of drug-likeness (QED) is 0.162. The molecule has 2 amide bonds. The number of hydrogen-bond donors (Lipinski definition) is 1. The molecule has 1 aliphatic heterocycles. The van der Waals surface area contributed by atoms with Crippen molar-refractivity contribution in [3.63, 3.8) is 0 Å². The normalized spacial score (nSPS) is 16.4. The maximum Gasteiger partial charge on any atom is 0.416 e. The van der Waals surface area contributed by atoms with E-state index in [9.17, 15) is 27.6 Å². The Labute approximate surface area is 336 Å². The lowest BCUT2D eigenvalue weighted by atomic mass is 9.87. The summed E-state index contributed by atoms with van der Waals surface area (Å²) in [5, 5.41) is 7.06. The van der Waals surface area contributed by atoms with Crippen molar-refractivity contribution in [2.75, 3.05) is 36.4 Å². The van der Waals surface area contributed by atoms with Crippen LogP contribution < -0.4 is 20.5 Å². The number of aryl methyl sites for hydroxylation is 1. The Morgan fingerprint density at radius 1 is 1.02 bits per heavy atom. The van der Waals surface area contributed by atoms with Crippen LogP contribution in [0.1, 0.15) is 77.9 Å². The summed E-state index contributed by atoms with van der Waals surface area (Å²) < 4.78 is 48.9. The third-order valence-corrected chi connectivity index (χ3v) is 11.6. The van der Waals surface area contributed by atoms with Crippen LogP contribution >= 0.6 is 11.6 Å². The zero-order chi connectivity index (χ0) is 40.8. The van der Waals surface area contributed by atoms with Gasteiger partial charge in [0.2, 0.25) is 11.7 Å². The van der Waals surface area contributed by atoms with Gasteiger partial charge in [-0.1, -0.05) is 54.9 Å². The zero-order valence-electron chi connectivity index (χ0n) is 32.0. The fourth-order valence-electron chi connectivity index (χ4n) is 7.77. The molecule has 0 radical (unpaired) electrons. The lowest BCUT2D eigenvalue weighted by molar-refractivity contribution is -0.137. The summed E-state index contributed by atoms with van der Waals surface area (Å²) in [5.41, 5.74) is 2.39. The number of anilines is 2. The Hall–Kier alpha value is -5.77. The van der Waals surface area contributed by atoms with Gasteiger partial charge in [-0.25, -0.2) is 9.97 Å². The van der Waals surface area contributed by atoms with Crippen LogP contribution in [-0.2, 0) is 30.5 Å². The molecule has 302 valence electrons. The third kappa shape index (κ3) is 7.76. The monoisotopic (exact) mass is 815 g/mol. The van der Waals surface area contributed by atoms with Crippen molar-refractivity contribution in [2.45, 2.75) is 71.7 Å². The lowest BCUT2D eigenvalue weighted by Crippen LogP contribution is -2.51. The number of benzene rings is 2. The molecule has 8 rings (SSSR count). The molecule has 0 unspecified atom stereocenters. The number of nitrogens with zero attached hydrogens (tertiary/aromatic N) is 8. The van der Waals surface area contributed by atoms with Crippen molar-refractivity contribution in [2.24, 2.45) is 5.41 Å². The van der Waals surface area contributed by atoms with Crippen LogP contribution in [0.4, 0.5) is 24.5 Å². The van der Waals surface area contributed by atoms with E-state index in [1.165, 1.54) is 23.7 Å². The molecule has 13 nitrogen and oxygen atoms in total. The number of carbonyl (C=O) groups is 2. The van der Waals surface area contributed by atoms with E-state index in [4.69, 9.17) is 26.4 Å². The highest BCUT2D eigenvalue weighted by Gasteiger charge is 2.43. The number of halogens is 4. The van der Waals surface area contributed by atoms with Gasteiger partial charge >= 0.3 is 6.18 Å². The predicted molar refractivity (Wildman–Crippen MR) is 211 cm³/mol. The van der Waals surface area contributed by atoms with Crippen LogP contribution in [0.2, 0.25) is 5.02 Å². The second-order valence-corrected chi connectivity index (χ2v) is 15.5. The molecule has 1 saturated carbocycles. The molecule has 2 aliphatic carbocycles. The van der Waals surface area contributed by atoms with E-state index in [2.05, 4.69) is 21.4 Å². The van der Waals surface area contributed by atoms with E-state index in [0.29, 0.717) is 40.5 Å². The van der Waals surface area contributed by atoms with Gasteiger partial charge in [-0.15, -0.1) is 5.10 Å². The number of aromatic nitrogens is 6. The average Bonchev–Trinajstić information content (AvgIpc) is 3.81. The maximum atomic E-state index is 14.5. The Morgan fingerprint density at radius 2 is 1.78 bits per heavy atom. The highest BCUT2D eigenvalue weighted by Crippen LogP contribution is 2.56. The molecule has 1 N–H and O–H groups in total. The van der Waals surface area contributed by atoms with Crippen molar-refractivity contribution >= 4 is 46.1 Å². The van der Waals surface area contributed by atoms with Crippen LogP contribution in [0.15, 0.2) is 65.7 Å². The van der Waals surface area contributed by atoms with Crippen molar-refractivity contribution in [1.29, 1.82) is 0 Å². The van der Waals surface area contributed by atoms with E-state index in [0.717, 1.165) is 48.6 Å². The summed E-state index contributed by atoms with van der Waals surface area (Å²) in [6.45, 7) is 4.59. The molecule has 4 heterocycles. The summed E-state index contributed by atoms with van der Waals surface area (Å²) in [6.07, 6.45) is 4.29. The fourth-order valence-corrected chi connectivity index (χ4v) is 8.00. The molecular weight excluding hydrogens is 775 g/mol. The van der Waals surface area contributed by atoms with Gasteiger partial charge in [0.1, 0.15) is 25.2 Å². The maximum absolute atomic E-state index is 14.5. The highest BCUT2D eigenvalue weighted by molar-refractivity contribution is 6.33. The Kier molecular flexibility index (Phi) is 10.5. The van der Waals surface area contributed by atoms with E-state index >= 15 is 0 Å². The number of fused-ring (bicyclic) bond motifs is 1. The number of hydrogen-bond acceptors (Lipinski definition) is 9. The van der Waals surface area contributed by atoms with E-state index in [1.54, 1.807) is 16.4 Å².